The zero-order chi connectivity index (χ0) is 20.1. The molecule has 0 bridgehead atoms. The first-order chi connectivity index (χ1) is 13.4. The molecule has 0 aliphatic carbocycles. The van der Waals surface area contributed by atoms with Gasteiger partial charge in [0.05, 0.1) is 23.7 Å². The number of halogens is 1. The first kappa shape index (κ1) is 20.9. The van der Waals surface area contributed by atoms with Gasteiger partial charge in [0, 0.05) is 17.1 Å². The smallest absolute Gasteiger partial charge is 0.258 e. The highest BCUT2D eigenvalue weighted by atomic mass is 79.9. The Labute approximate surface area is 174 Å². The number of hydrogen-bond donors (Lipinski definition) is 0. The minimum absolute atomic E-state index is 0.00469. The summed E-state index contributed by atoms with van der Waals surface area (Å²) in [5.41, 5.74) is 1.41. The minimum atomic E-state index is -3.12. The molecule has 28 heavy (non-hydrogen) atoms. The van der Waals surface area contributed by atoms with E-state index >= 15 is 0 Å². The van der Waals surface area contributed by atoms with Crippen LogP contribution in [0.15, 0.2) is 53.0 Å². The number of carbonyl (C=O) groups excluding carboxylic acids is 1. The van der Waals surface area contributed by atoms with E-state index in [2.05, 4.69) is 15.9 Å². The molecular weight excluding hydrogens is 442 g/mol. The Morgan fingerprint density at radius 3 is 2.68 bits per heavy atom. The number of carbonyl (C=O) groups is 1. The third-order valence-corrected chi connectivity index (χ3v) is 6.97. The van der Waals surface area contributed by atoms with Gasteiger partial charge < -0.3 is 9.64 Å². The van der Waals surface area contributed by atoms with Crippen LogP contribution >= 0.6 is 15.9 Å². The molecule has 1 heterocycles. The molecule has 0 aromatic heterocycles. The summed E-state index contributed by atoms with van der Waals surface area (Å²) < 4.78 is 30.8. The molecule has 1 atom stereocenters. The van der Waals surface area contributed by atoms with E-state index in [-0.39, 0.29) is 23.5 Å². The normalized spacial score (nSPS) is 18.0. The van der Waals surface area contributed by atoms with E-state index in [1.807, 2.05) is 37.3 Å². The maximum Gasteiger partial charge on any atom is 0.258 e. The summed E-state index contributed by atoms with van der Waals surface area (Å²) in [4.78, 5) is 15.1. The van der Waals surface area contributed by atoms with E-state index in [9.17, 15) is 13.2 Å². The highest BCUT2D eigenvalue weighted by Gasteiger charge is 2.35. The first-order valence-electron chi connectivity index (χ1n) is 9.37. The van der Waals surface area contributed by atoms with Crippen LogP contribution in [0.2, 0.25) is 0 Å². The van der Waals surface area contributed by atoms with Crippen LogP contribution in [0.4, 0.5) is 0 Å². The minimum Gasteiger partial charge on any atom is -0.493 e. The Kier molecular flexibility index (Phi) is 6.78. The Balaban J connectivity index is 1.93. The zero-order valence-electron chi connectivity index (χ0n) is 15.8. The predicted octanol–water partition coefficient (Wildman–Crippen LogP) is 4.07. The van der Waals surface area contributed by atoms with Crippen molar-refractivity contribution in [2.75, 3.05) is 18.1 Å². The van der Waals surface area contributed by atoms with Crippen LogP contribution in [0.5, 0.6) is 5.75 Å². The van der Waals surface area contributed by atoms with Gasteiger partial charge in [-0.25, -0.2) is 8.42 Å². The molecule has 1 aliphatic heterocycles. The van der Waals surface area contributed by atoms with Crippen molar-refractivity contribution in [3.8, 4) is 5.75 Å². The second kappa shape index (κ2) is 9.09. The predicted molar refractivity (Wildman–Crippen MR) is 113 cm³/mol. The van der Waals surface area contributed by atoms with Crippen molar-refractivity contribution < 1.29 is 17.9 Å². The van der Waals surface area contributed by atoms with Gasteiger partial charge in [0.25, 0.3) is 5.91 Å². The fourth-order valence-electron chi connectivity index (χ4n) is 3.36. The Morgan fingerprint density at radius 2 is 2.00 bits per heavy atom. The topological polar surface area (TPSA) is 63.7 Å². The molecular formula is C21H24BrNO4S. The van der Waals surface area contributed by atoms with Gasteiger partial charge in [0.15, 0.2) is 9.84 Å². The molecule has 0 radical (unpaired) electrons. The Morgan fingerprint density at radius 1 is 1.21 bits per heavy atom. The van der Waals surface area contributed by atoms with E-state index in [0.29, 0.717) is 30.9 Å². The molecule has 1 saturated heterocycles. The molecule has 7 heteroatoms. The van der Waals surface area contributed by atoms with Crippen LogP contribution in [-0.4, -0.2) is 43.4 Å². The molecule has 2 aromatic rings. The van der Waals surface area contributed by atoms with Crippen molar-refractivity contribution >= 4 is 31.7 Å². The summed E-state index contributed by atoms with van der Waals surface area (Å²) in [5.74, 6) is 0.460. The van der Waals surface area contributed by atoms with Crippen molar-refractivity contribution in [3.63, 3.8) is 0 Å². The van der Waals surface area contributed by atoms with Crippen molar-refractivity contribution in [1.29, 1.82) is 0 Å². The SMILES string of the molecule is CCCOc1ccccc1C(=O)N(Cc1cccc(Br)c1)[C@@H]1CCS(=O)(=O)C1. The molecule has 0 saturated carbocycles. The molecule has 1 amide bonds. The average molecular weight is 466 g/mol. The number of nitrogens with zero attached hydrogens (tertiary/aromatic N) is 1. The van der Waals surface area contributed by atoms with Gasteiger partial charge in [-0.05, 0) is 42.7 Å². The summed E-state index contributed by atoms with van der Waals surface area (Å²) in [6.07, 6.45) is 1.30. The summed E-state index contributed by atoms with van der Waals surface area (Å²) in [6, 6.07) is 14.5. The van der Waals surface area contributed by atoms with E-state index in [1.165, 1.54) is 0 Å². The lowest BCUT2D eigenvalue weighted by Crippen LogP contribution is -2.40. The lowest BCUT2D eigenvalue weighted by molar-refractivity contribution is 0.0676. The highest BCUT2D eigenvalue weighted by Crippen LogP contribution is 2.27. The molecule has 150 valence electrons. The van der Waals surface area contributed by atoms with Gasteiger partial charge in [0.2, 0.25) is 0 Å². The fraction of sp³-hybridized carbons (Fsp3) is 0.381. The molecule has 3 rings (SSSR count). The molecule has 2 aromatic carbocycles. The van der Waals surface area contributed by atoms with Gasteiger partial charge in [-0.2, -0.15) is 0 Å². The summed E-state index contributed by atoms with van der Waals surface area (Å²) in [6.45, 7) is 2.88. The number of amides is 1. The van der Waals surface area contributed by atoms with Crippen LogP contribution in [0, 0.1) is 0 Å². The van der Waals surface area contributed by atoms with E-state index in [1.54, 1.807) is 23.1 Å². The van der Waals surface area contributed by atoms with Crippen LogP contribution in [0.25, 0.3) is 0 Å². The lowest BCUT2D eigenvalue weighted by atomic mass is 10.1. The van der Waals surface area contributed by atoms with Crippen molar-refractivity contribution in [2.45, 2.75) is 32.4 Å². The summed E-state index contributed by atoms with van der Waals surface area (Å²) >= 11 is 3.46. The second-order valence-corrected chi connectivity index (χ2v) is 10.1. The first-order valence-corrected chi connectivity index (χ1v) is 12.0. The maximum atomic E-state index is 13.5. The summed E-state index contributed by atoms with van der Waals surface area (Å²) in [7, 11) is -3.12. The van der Waals surface area contributed by atoms with Crippen LogP contribution < -0.4 is 4.74 Å². The molecule has 5 nitrogen and oxygen atoms in total. The lowest BCUT2D eigenvalue weighted by Gasteiger charge is -2.29. The van der Waals surface area contributed by atoms with Gasteiger partial charge in [0.1, 0.15) is 5.75 Å². The largest absolute Gasteiger partial charge is 0.493 e. The quantitative estimate of drug-likeness (QED) is 0.617. The molecule has 0 spiro atoms. The third-order valence-electron chi connectivity index (χ3n) is 4.73. The summed E-state index contributed by atoms with van der Waals surface area (Å²) in [5, 5.41) is 0. The van der Waals surface area contributed by atoms with Crippen LogP contribution in [0.1, 0.15) is 35.7 Å². The van der Waals surface area contributed by atoms with E-state index < -0.39 is 9.84 Å². The fourth-order valence-corrected chi connectivity index (χ4v) is 5.53. The number of para-hydroxylation sites is 1. The Bertz CT molecular complexity index is 945. The molecule has 0 N–H and O–H groups in total. The molecule has 1 aliphatic rings. The van der Waals surface area contributed by atoms with Crippen LogP contribution in [-0.2, 0) is 16.4 Å². The molecule has 0 unspecified atom stereocenters. The monoisotopic (exact) mass is 465 g/mol. The second-order valence-electron chi connectivity index (χ2n) is 6.96. The van der Waals surface area contributed by atoms with E-state index in [4.69, 9.17) is 4.74 Å². The van der Waals surface area contributed by atoms with Crippen molar-refractivity contribution in [2.24, 2.45) is 0 Å². The highest BCUT2D eigenvalue weighted by molar-refractivity contribution is 9.10. The van der Waals surface area contributed by atoms with E-state index in [0.717, 1.165) is 16.5 Å². The standard InChI is InChI=1S/C21H24BrNO4S/c1-2-11-27-20-9-4-3-8-19(20)21(24)23(18-10-12-28(25,26)15-18)14-16-6-5-7-17(22)13-16/h3-9,13,18H,2,10-12,14-15H2,1H3/t18-/m1/s1. The van der Waals surface area contributed by atoms with Gasteiger partial charge in [-0.1, -0.05) is 47.1 Å². The maximum absolute atomic E-state index is 13.5. The molecule has 1 fully saturated rings. The third kappa shape index (κ3) is 5.14. The number of benzene rings is 2. The number of hydrogen-bond acceptors (Lipinski definition) is 4. The van der Waals surface area contributed by atoms with Gasteiger partial charge in [-0.15, -0.1) is 0 Å². The van der Waals surface area contributed by atoms with Gasteiger partial charge in [-0.3, -0.25) is 4.79 Å². The van der Waals surface area contributed by atoms with Crippen molar-refractivity contribution in [1.82, 2.24) is 4.90 Å². The average Bonchev–Trinajstić information content (AvgIpc) is 3.03. The number of rotatable bonds is 7. The van der Waals surface area contributed by atoms with Crippen molar-refractivity contribution in [3.05, 3.63) is 64.1 Å². The van der Waals surface area contributed by atoms with Crippen LogP contribution in [0.3, 0.4) is 0 Å². The number of ether oxygens (including phenoxy) is 1. The number of sulfone groups is 1. The Hall–Kier alpha value is -1.86. The zero-order valence-corrected chi connectivity index (χ0v) is 18.2. The van der Waals surface area contributed by atoms with Gasteiger partial charge >= 0.3 is 0 Å².